The SMILES string of the molecule is Cc1c(C2CC2)cnc2c1OCCN2c1ccc2cnc(CNC(=O)c3ccc4c(c3)S(=O)(=O)CCOC4)cc2n1. The molecule has 1 saturated carbocycles. The van der Waals surface area contributed by atoms with Crippen LogP contribution in [-0.2, 0) is 27.7 Å². The summed E-state index contributed by atoms with van der Waals surface area (Å²) in [6, 6.07) is 10.5. The molecule has 2 aliphatic heterocycles. The molecule has 10 nitrogen and oxygen atoms in total. The maximum Gasteiger partial charge on any atom is 0.251 e. The summed E-state index contributed by atoms with van der Waals surface area (Å²) in [4.78, 5) is 29.3. The Hall–Kier alpha value is -4.09. The topological polar surface area (TPSA) is 124 Å². The zero-order valence-corrected chi connectivity index (χ0v) is 23.4. The summed E-state index contributed by atoms with van der Waals surface area (Å²) in [5.74, 6) is 2.49. The maximum atomic E-state index is 12.9. The Labute approximate surface area is 237 Å². The normalized spacial score (nSPS) is 17.7. The van der Waals surface area contributed by atoms with Crippen LogP contribution in [0.15, 0.2) is 53.7 Å². The van der Waals surface area contributed by atoms with Crippen molar-refractivity contribution in [1.29, 1.82) is 0 Å². The van der Waals surface area contributed by atoms with Gasteiger partial charge in [-0.15, -0.1) is 0 Å². The molecule has 210 valence electrons. The Morgan fingerprint density at radius 2 is 1.98 bits per heavy atom. The summed E-state index contributed by atoms with van der Waals surface area (Å²) in [6.45, 7) is 3.80. The molecule has 0 radical (unpaired) electrons. The number of hydrogen-bond acceptors (Lipinski definition) is 9. The Balaban J connectivity index is 1.11. The largest absolute Gasteiger partial charge is 0.488 e. The molecule has 0 unspecified atom stereocenters. The third kappa shape index (κ3) is 4.89. The Morgan fingerprint density at radius 1 is 1.10 bits per heavy atom. The van der Waals surface area contributed by atoms with Gasteiger partial charge in [-0.05, 0) is 72.7 Å². The third-order valence-corrected chi connectivity index (χ3v) is 9.63. The van der Waals surface area contributed by atoms with Gasteiger partial charge in [0.2, 0.25) is 0 Å². The average molecular weight is 572 g/mol. The van der Waals surface area contributed by atoms with E-state index in [4.69, 9.17) is 19.4 Å². The predicted octanol–water partition coefficient (Wildman–Crippen LogP) is 3.98. The van der Waals surface area contributed by atoms with Crippen LogP contribution in [0.1, 0.15) is 51.5 Å². The van der Waals surface area contributed by atoms with Crippen molar-refractivity contribution < 1.29 is 22.7 Å². The van der Waals surface area contributed by atoms with Crippen molar-refractivity contribution in [2.45, 2.75) is 43.7 Å². The van der Waals surface area contributed by atoms with E-state index in [9.17, 15) is 13.2 Å². The number of rotatable bonds is 5. The summed E-state index contributed by atoms with van der Waals surface area (Å²) < 4.78 is 36.6. The van der Waals surface area contributed by atoms with E-state index < -0.39 is 9.84 Å². The molecule has 0 spiro atoms. The van der Waals surface area contributed by atoms with E-state index in [1.54, 1.807) is 18.3 Å². The Bertz CT molecular complexity index is 1810. The number of amides is 1. The fraction of sp³-hybridized carbons (Fsp3) is 0.333. The molecule has 1 amide bonds. The van der Waals surface area contributed by atoms with Gasteiger partial charge in [0, 0.05) is 23.3 Å². The third-order valence-electron chi connectivity index (χ3n) is 7.88. The van der Waals surface area contributed by atoms with Crippen LogP contribution < -0.4 is 15.0 Å². The van der Waals surface area contributed by atoms with Crippen LogP contribution in [0.5, 0.6) is 5.75 Å². The van der Waals surface area contributed by atoms with Gasteiger partial charge in [-0.2, -0.15) is 0 Å². The van der Waals surface area contributed by atoms with Crippen molar-refractivity contribution in [3.05, 3.63) is 76.7 Å². The Kier molecular flexibility index (Phi) is 6.35. The van der Waals surface area contributed by atoms with Gasteiger partial charge in [0.15, 0.2) is 21.4 Å². The second kappa shape index (κ2) is 10.1. The molecule has 5 heterocycles. The minimum absolute atomic E-state index is 0.103. The van der Waals surface area contributed by atoms with E-state index in [2.05, 4.69) is 22.1 Å². The number of fused-ring (bicyclic) bond motifs is 3. The first kappa shape index (κ1) is 25.8. The number of carbonyl (C=O) groups excluding carboxylic acids is 1. The zero-order chi connectivity index (χ0) is 28.1. The molecule has 0 bridgehead atoms. The van der Waals surface area contributed by atoms with Gasteiger partial charge in [0.05, 0.1) is 48.2 Å². The molecule has 41 heavy (non-hydrogen) atoms. The van der Waals surface area contributed by atoms with Gasteiger partial charge >= 0.3 is 0 Å². The van der Waals surface area contributed by atoms with Gasteiger partial charge in [0.1, 0.15) is 12.4 Å². The number of nitrogens with zero attached hydrogens (tertiary/aromatic N) is 4. The number of nitrogens with one attached hydrogen (secondary N) is 1. The van der Waals surface area contributed by atoms with Gasteiger partial charge < -0.3 is 19.7 Å². The summed E-state index contributed by atoms with van der Waals surface area (Å²) in [5, 5.41) is 3.73. The number of benzene rings is 1. The molecular weight excluding hydrogens is 542 g/mol. The molecule has 1 N–H and O–H groups in total. The molecule has 1 aliphatic carbocycles. The van der Waals surface area contributed by atoms with E-state index in [1.807, 2.05) is 24.4 Å². The van der Waals surface area contributed by atoms with Crippen LogP contribution in [0, 0.1) is 6.92 Å². The fourth-order valence-corrected chi connectivity index (χ4v) is 6.85. The lowest BCUT2D eigenvalue weighted by Gasteiger charge is -2.31. The highest BCUT2D eigenvalue weighted by atomic mass is 32.2. The van der Waals surface area contributed by atoms with Gasteiger partial charge in [0.25, 0.3) is 5.91 Å². The smallest absolute Gasteiger partial charge is 0.251 e. The molecular formula is C30H29N5O5S. The summed E-state index contributed by atoms with van der Waals surface area (Å²) in [7, 11) is -3.51. The highest BCUT2D eigenvalue weighted by Gasteiger charge is 2.31. The van der Waals surface area contributed by atoms with Crippen LogP contribution in [0.2, 0.25) is 0 Å². The summed E-state index contributed by atoms with van der Waals surface area (Å²) in [6.07, 6.45) is 6.13. The second-order valence-corrected chi connectivity index (χ2v) is 12.8. The summed E-state index contributed by atoms with van der Waals surface area (Å²) in [5.41, 5.74) is 4.65. The number of ether oxygens (including phenoxy) is 2. The first-order valence-corrected chi connectivity index (χ1v) is 15.4. The molecule has 0 atom stereocenters. The average Bonchev–Trinajstić information content (AvgIpc) is 3.84. The zero-order valence-electron chi connectivity index (χ0n) is 22.6. The van der Waals surface area contributed by atoms with Crippen molar-refractivity contribution in [3.63, 3.8) is 0 Å². The first-order valence-electron chi connectivity index (χ1n) is 13.7. The molecule has 1 fully saturated rings. The van der Waals surface area contributed by atoms with E-state index in [0.717, 1.165) is 33.9 Å². The van der Waals surface area contributed by atoms with E-state index in [-0.39, 0.29) is 41.9 Å². The maximum absolute atomic E-state index is 12.9. The fourth-order valence-electron chi connectivity index (χ4n) is 5.46. The minimum Gasteiger partial charge on any atom is -0.488 e. The lowest BCUT2D eigenvalue weighted by molar-refractivity contribution is 0.0950. The van der Waals surface area contributed by atoms with Crippen LogP contribution in [0.25, 0.3) is 10.9 Å². The number of sulfone groups is 1. The molecule has 4 aromatic rings. The van der Waals surface area contributed by atoms with Crippen LogP contribution in [0.3, 0.4) is 0 Å². The number of anilines is 2. The van der Waals surface area contributed by atoms with Crippen LogP contribution in [-0.4, -0.2) is 54.8 Å². The molecule has 3 aliphatic rings. The predicted molar refractivity (Wildman–Crippen MR) is 152 cm³/mol. The van der Waals surface area contributed by atoms with Gasteiger partial charge in [-0.1, -0.05) is 6.07 Å². The number of hydrogen-bond donors (Lipinski definition) is 1. The van der Waals surface area contributed by atoms with E-state index >= 15 is 0 Å². The molecule has 11 heteroatoms. The van der Waals surface area contributed by atoms with Crippen molar-refractivity contribution in [3.8, 4) is 5.75 Å². The van der Waals surface area contributed by atoms with Gasteiger partial charge in [-0.3, -0.25) is 9.78 Å². The van der Waals surface area contributed by atoms with Crippen molar-refractivity contribution in [1.82, 2.24) is 20.3 Å². The molecule has 0 saturated heterocycles. The lowest BCUT2D eigenvalue weighted by atomic mass is 10.1. The molecule has 3 aromatic heterocycles. The molecule has 7 rings (SSSR count). The number of pyridine rings is 3. The Morgan fingerprint density at radius 3 is 2.83 bits per heavy atom. The van der Waals surface area contributed by atoms with Crippen molar-refractivity contribution in [2.75, 3.05) is 30.4 Å². The van der Waals surface area contributed by atoms with Gasteiger partial charge in [-0.25, -0.2) is 18.4 Å². The standard InChI is InChI=1S/C30H29N5O5S/c1-18-24(19-2-3-19)16-32-29-28(18)40-9-8-35(29)27-7-6-21-14-31-23(13-25(21)34-27)15-33-30(36)20-4-5-22-17-39-10-11-41(37,38)26(22)12-20/h4-7,12-14,16,19H,2-3,8-11,15,17H2,1H3,(H,33,36). The molecule has 1 aromatic carbocycles. The van der Waals surface area contributed by atoms with Crippen LogP contribution >= 0.6 is 0 Å². The highest BCUT2D eigenvalue weighted by Crippen LogP contribution is 2.46. The first-order chi connectivity index (χ1) is 19.9. The van der Waals surface area contributed by atoms with Crippen molar-refractivity contribution >= 4 is 38.3 Å². The van der Waals surface area contributed by atoms with Crippen molar-refractivity contribution in [2.24, 2.45) is 0 Å². The lowest BCUT2D eigenvalue weighted by Crippen LogP contribution is -2.30. The minimum atomic E-state index is -3.51. The van der Waals surface area contributed by atoms with E-state index in [0.29, 0.717) is 30.3 Å². The quantitative estimate of drug-likeness (QED) is 0.379. The number of carbonyl (C=O) groups is 1. The second-order valence-electron chi connectivity index (χ2n) is 10.7. The van der Waals surface area contributed by atoms with E-state index in [1.165, 1.54) is 24.5 Å². The summed E-state index contributed by atoms with van der Waals surface area (Å²) >= 11 is 0. The highest BCUT2D eigenvalue weighted by molar-refractivity contribution is 7.91. The monoisotopic (exact) mass is 571 g/mol. The van der Waals surface area contributed by atoms with Crippen LogP contribution in [0.4, 0.5) is 11.6 Å². The number of aromatic nitrogens is 3.